The van der Waals surface area contributed by atoms with Crippen molar-refractivity contribution in [1.82, 2.24) is 0 Å². The van der Waals surface area contributed by atoms with Crippen molar-refractivity contribution in [3.8, 4) is 0 Å². The molecule has 0 aliphatic heterocycles. The van der Waals surface area contributed by atoms with Crippen LogP contribution in [-0.2, 0) is 0 Å². The lowest BCUT2D eigenvalue weighted by Crippen LogP contribution is -1.96. The van der Waals surface area contributed by atoms with Gasteiger partial charge in [-0.15, -0.1) is 11.3 Å². The number of alkyl halides is 1. The maximum Gasteiger partial charge on any atom is 0.123 e. The molecule has 0 amide bonds. The molecular formula is C12H8Br3FS. The lowest BCUT2D eigenvalue weighted by molar-refractivity contribution is 0.625. The summed E-state index contributed by atoms with van der Waals surface area (Å²) >= 11 is 12.2. The summed E-state index contributed by atoms with van der Waals surface area (Å²) in [5.74, 6) is -0.208. The van der Waals surface area contributed by atoms with Gasteiger partial charge in [-0.05, 0) is 73.7 Å². The van der Waals surface area contributed by atoms with Gasteiger partial charge in [-0.1, -0.05) is 22.0 Å². The van der Waals surface area contributed by atoms with Crippen molar-refractivity contribution in [3.63, 3.8) is 0 Å². The second-order valence-electron chi connectivity index (χ2n) is 3.64. The Kier molecular flexibility index (Phi) is 4.45. The third kappa shape index (κ3) is 3.00. The van der Waals surface area contributed by atoms with Gasteiger partial charge in [0.2, 0.25) is 0 Å². The van der Waals surface area contributed by atoms with E-state index in [1.54, 1.807) is 23.5 Å². The first kappa shape index (κ1) is 13.7. The maximum absolute atomic E-state index is 13.3. The number of aryl methyl sites for hydroxylation is 1. The summed E-state index contributed by atoms with van der Waals surface area (Å²) in [6.45, 7) is 1.98. The Labute approximate surface area is 129 Å². The van der Waals surface area contributed by atoms with E-state index in [4.69, 9.17) is 0 Å². The average Bonchev–Trinajstić information content (AvgIpc) is 2.60. The maximum atomic E-state index is 13.3. The van der Waals surface area contributed by atoms with Gasteiger partial charge >= 0.3 is 0 Å². The van der Waals surface area contributed by atoms with Crippen LogP contribution in [0, 0.1) is 12.7 Å². The summed E-state index contributed by atoms with van der Waals surface area (Å²) in [4.78, 5) is -0.00451. The zero-order valence-corrected chi connectivity index (χ0v) is 14.4. The predicted molar refractivity (Wildman–Crippen MR) is 81.6 cm³/mol. The van der Waals surface area contributed by atoms with Crippen molar-refractivity contribution in [2.75, 3.05) is 0 Å². The molecule has 2 rings (SSSR count). The van der Waals surface area contributed by atoms with Gasteiger partial charge < -0.3 is 0 Å². The van der Waals surface area contributed by atoms with E-state index in [9.17, 15) is 4.39 Å². The molecule has 5 heteroatoms. The molecule has 90 valence electrons. The summed E-state index contributed by atoms with van der Waals surface area (Å²) in [5.41, 5.74) is 3.13. The SMILES string of the molecule is Cc1ccc(F)cc1C(Br)c1cc(Br)sc1Br. The molecule has 2 aromatic rings. The largest absolute Gasteiger partial charge is 0.207 e. The van der Waals surface area contributed by atoms with Gasteiger partial charge in [-0.25, -0.2) is 4.39 Å². The Morgan fingerprint density at radius 3 is 2.47 bits per heavy atom. The van der Waals surface area contributed by atoms with E-state index in [-0.39, 0.29) is 10.6 Å². The van der Waals surface area contributed by atoms with Crippen molar-refractivity contribution in [2.24, 2.45) is 0 Å². The van der Waals surface area contributed by atoms with Crippen LogP contribution in [0.5, 0.6) is 0 Å². The summed E-state index contributed by atoms with van der Waals surface area (Å²) < 4.78 is 15.4. The molecule has 0 saturated heterocycles. The van der Waals surface area contributed by atoms with E-state index < -0.39 is 0 Å². The van der Waals surface area contributed by atoms with Crippen molar-refractivity contribution in [2.45, 2.75) is 11.8 Å². The molecular weight excluding hydrogens is 435 g/mol. The molecule has 0 spiro atoms. The highest BCUT2D eigenvalue weighted by Crippen LogP contribution is 2.42. The lowest BCUT2D eigenvalue weighted by atomic mass is 10.0. The number of halogens is 4. The number of rotatable bonds is 2. The number of hydrogen-bond donors (Lipinski definition) is 0. The van der Waals surface area contributed by atoms with E-state index in [0.29, 0.717) is 0 Å². The van der Waals surface area contributed by atoms with Gasteiger partial charge in [0.05, 0.1) is 12.4 Å². The van der Waals surface area contributed by atoms with Crippen LogP contribution in [0.25, 0.3) is 0 Å². The predicted octanol–water partition coefficient (Wildman–Crippen LogP) is 6.20. The fourth-order valence-corrected chi connectivity index (χ4v) is 5.79. The van der Waals surface area contributed by atoms with Crippen LogP contribution < -0.4 is 0 Å². The van der Waals surface area contributed by atoms with Crippen molar-refractivity contribution in [1.29, 1.82) is 0 Å². The van der Waals surface area contributed by atoms with Gasteiger partial charge in [-0.3, -0.25) is 0 Å². The van der Waals surface area contributed by atoms with E-state index in [0.717, 1.165) is 24.3 Å². The van der Waals surface area contributed by atoms with Gasteiger partial charge in [0, 0.05) is 0 Å². The molecule has 0 saturated carbocycles. The molecule has 1 unspecified atom stereocenters. The first-order valence-electron chi connectivity index (χ1n) is 4.84. The number of benzene rings is 1. The van der Waals surface area contributed by atoms with E-state index >= 15 is 0 Å². The standard InChI is InChI=1S/C12H8Br3FS/c1-6-2-3-7(16)4-8(6)11(14)9-5-10(13)17-12(9)15/h2-5,11H,1H3. The van der Waals surface area contributed by atoms with Crippen LogP contribution >= 0.6 is 59.1 Å². The zero-order chi connectivity index (χ0) is 12.6. The third-order valence-electron chi connectivity index (χ3n) is 2.47. The smallest absolute Gasteiger partial charge is 0.123 e. The minimum absolute atomic E-state index is 0.00451. The minimum Gasteiger partial charge on any atom is -0.207 e. The fraction of sp³-hybridized carbons (Fsp3) is 0.167. The molecule has 0 aliphatic rings. The highest BCUT2D eigenvalue weighted by Gasteiger charge is 2.18. The first-order valence-corrected chi connectivity index (χ1v) is 8.15. The van der Waals surface area contributed by atoms with Crippen LogP contribution in [0.3, 0.4) is 0 Å². The summed E-state index contributed by atoms with van der Waals surface area (Å²) in [6, 6.07) is 6.90. The lowest BCUT2D eigenvalue weighted by Gasteiger charge is -2.12. The van der Waals surface area contributed by atoms with Crippen molar-refractivity contribution in [3.05, 3.63) is 54.3 Å². The second-order valence-corrected chi connectivity index (χ2v) is 8.31. The number of thiophene rings is 1. The molecule has 17 heavy (non-hydrogen) atoms. The molecule has 0 bridgehead atoms. The summed E-state index contributed by atoms with van der Waals surface area (Å²) in [5, 5.41) is 0. The molecule has 1 aromatic carbocycles. The first-order chi connectivity index (χ1) is 7.99. The second kappa shape index (κ2) is 5.51. The third-order valence-corrected chi connectivity index (χ3v) is 5.84. The molecule has 1 aromatic heterocycles. The highest BCUT2D eigenvalue weighted by molar-refractivity contribution is 9.12. The topological polar surface area (TPSA) is 0 Å². The van der Waals surface area contributed by atoms with E-state index in [1.165, 1.54) is 6.07 Å². The van der Waals surface area contributed by atoms with Crippen LogP contribution in [0.2, 0.25) is 0 Å². The molecule has 0 radical (unpaired) electrons. The zero-order valence-electron chi connectivity index (χ0n) is 8.81. The number of hydrogen-bond acceptors (Lipinski definition) is 1. The molecule has 1 atom stereocenters. The Morgan fingerprint density at radius 1 is 1.18 bits per heavy atom. The fourth-order valence-electron chi connectivity index (χ4n) is 1.58. The molecule has 0 nitrogen and oxygen atoms in total. The van der Waals surface area contributed by atoms with Crippen LogP contribution in [0.15, 0.2) is 31.8 Å². The van der Waals surface area contributed by atoms with Gasteiger partial charge in [-0.2, -0.15) is 0 Å². The average molecular weight is 443 g/mol. The Balaban J connectivity index is 2.46. The van der Waals surface area contributed by atoms with Crippen LogP contribution in [0.1, 0.15) is 21.5 Å². The quantitative estimate of drug-likeness (QED) is 0.485. The van der Waals surface area contributed by atoms with Gasteiger partial charge in [0.15, 0.2) is 0 Å². The van der Waals surface area contributed by atoms with Crippen LogP contribution in [-0.4, -0.2) is 0 Å². The van der Waals surface area contributed by atoms with Crippen molar-refractivity contribution >= 4 is 59.1 Å². The van der Waals surface area contributed by atoms with Crippen molar-refractivity contribution < 1.29 is 4.39 Å². The molecule has 0 fully saturated rings. The summed E-state index contributed by atoms with van der Waals surface area (Å²) in [6.07, 6.45) is 0. The normalized spacial score (nSPS) is 12.8. The summed E-state index contributed by atoms with van der Waals surface area (Å²) in [7, 11) is 0. The van der Waals surface area contributed by atoms with Crippen LogP contribution in [0.4, 0.5) is 4.39 Å². The molecule has 1 heterocycles. The Hall–Kier alpha value is 0.290. The molecule has 0 aliphatic carbocycles. The Morgan fingerprint density at radius 2 is 1.88 bits per heavy atom. The monoisotopic (exact) mass is 440 g/mol. The van der Waals surface area contributed by atoms with Gasteiger partial charge in [0.1, 0.15) is 5.82 Å². The van der Waals surface area contributed by atoms with Gasteiger partial charge in [0.25, 0.3) is 0 Å². The highest BCUT2D eigenvalue weighted by atomic mass is 79.9. The van der Waals surface area contributed by atoms with E-state index in [1.807, 2.05) is 13.0 Å². The minimum atomic E-state index is -0.208. The molecule has 0 N–H and O–H groups in total. The van der Waals surface area contributed by atoms with E-state index in [2.05, 4.69) is 47.8 Å². The Bertz CT molecular complexity index is 551.